The van der Waals surface area contributed by atoms with Crippen LogP contribution in [-0.4, -0.2) is 22.6 Å². The maximum Gasteiger partial charge on any atom is 0.192 e. The predicted molar refractivity (Wildman–Crippen MR) is 58.3 cm³/mol. The molecule has 0 aliphatic heterocycles. The molecule has 15 heavy (non-hydrogen) atoms. The van der Waals surface area contributed by atoms with Crippen molar-refractivity contribution in [2.45, 2.75) is 26.7 Å². The Hall–Kier alpha value is -1.35. The molecule has 0 aromatic heterocycles. The van der Waals surface area contributed by atoms with Crippen LogP contribution in [0.2, 0.25) is 0 Å². The topological polar surface area (TPSA) is 57.5 Å². The van der Waals surface area contributed by atoms with Crippen LogP contribution in [0, 0.1) is 6.92 Å². The van der Waals surface area contributed by atoms with E-state index in [1.54, 1.807) is 13.0 Å². The first-order chi connectivity index (χ1) is 6.99. The van der Waals surface area contributed by atoms with Gasteiger partial charge in [0, 0.05) is 0 Å². The third-order valence-corrected chi connectivity index (χ3v) is 2.46. The summed E-state index contributed by atoms with van der Waals surface area (Å²) in [7, 11) is 0. The van der Waals surface area contributed by atoms with Crippen molar-refractivity contribution in [2.75, 3.05) is 6.61 Å². The van der Waals surface area contributed by atoms with Gasteiger partial charge in [0.15, 0.2) is 5.78 Å². The summed E-state index contributed by atoms with van der Waals surface area (Å²) in [5.41, 5.74) is 1.66. The van der Waals surface area contributed by atoms with Gasteiger partial charge in [0.05, 0.1) is 5.56 Å². The van der Waals surface area contributed by atoms with Crippen LogP contribution in [0.5, 0.6) is 5.75 Å². The van der Waals surface area contributed by atoms with Gasteiger partial charge in [-0.1, -0.05) is 26.0 Å². The molecule has 0 amide bonds. The number of hydrogen-bond acceptors (Lipinski definition) is 3. The van der Waals surface area contributed by atoms with Gasteiger partial charge < -0.3 is 10.2 Å². The minimum atomic E-state index is -0.573. The van der Waals surface area contributed by atoms with Crippen molar-refractivity contribution in [3.05, 3.63) is 28.8 Å². The van der Waals surface area contributed by atoms with Crippen LogP contribution < -0.4 is 0 Å². The van der Waals surface area contributed by atoms with Crippen LogP contribution in [0.3, 0.4) is 0 Å². The summed E-state index contributed by atoms with van der Waals surface area (Å²) < 4.78 is 0. The lowest BCUT2D eigenvalue weighted by molar-refractivity contribution is 0.0900. The number of aliphatic hydroxyl groups is 1. The summed E-state index contributed by atoms with van der Waals surface area (Å²) in [5, 5.41) is 18.7. The molecule has 0 saturated carbocycles. The van der Waals surface area contributed by atoms with E-state index in [1.165, 1.54) is 0 Å². The monoisotopic (exact) mass is 208 g/mol. The second kappa shape index (κ2) is 4.45. The fourth-order valence-corrected chi connectivity index (χ4v) is 1.61. The lowest BCUT2D eigenvalue weighted by Crippen LogP contribution is -2.08. The van der Waals surface area contributed by atoms with Gasteiger partial charge in [0.2, 0.25) is 0 Å². The number of hydrogen-bond donors (Lipinski definition) is 2. The highest BCUT2D eigenvalue weighted by Crippen LogP contribution is 2.31. The Morgan fingerprint density at radius 3 is 2.47 bits per heavy atom. The number of aryl methyl sites for hydroxylation is 1. The van der Waals surface area contributed by atoms with Crippen molar-refractivity contribution < 1.29 is 15.0 Å². The number of Topliss-reactive ketones (excluding diaryl/α,β-unsaturated/α-hetero) is 1. The molecule has 0 heterocycles. The van der Waals surface area contributed by atoms with E-state index in [9.17, 15) is 9.90 Å². The highest BCUT2D eigenvalue weighted by Gasteiger charge is 2.17. The normalized spacial score (nSPS) is 10.7. The molecule has 0 unspecified atom stereocenters. The second-order valence-electron chi connectivity index (χ2n) is 3.93. The lowest BCUT2D eigenvalue weighted by Gasteiger charge is -2.13. The predicted octanol–water partition coefficient (Wildman–Crippen LogP) is 2.00. The molecule has 3 heteroatoms. The molecule has 0 spiro atoms. The number of phenols is 1. The van der Waals surface area contributed by atoms with Gasteiger partial charge in [0.1, 0.15) is 12.4 Å². The van der Waals surface area contributed by atoms with Gasteiger partial charge in [-0.15, -0.1) is 0 Å². The average Bonchev–Trinajstić information content (AvgIpc) is 2.16. The van der Waals surface area contributed by atoms with Gasteiger partial charge in [-0.25, -0.2) is 0 Å². The van der Waals surface area contributed by atoms with Crippen LogP contribution in [-0.2, 0) is 0 Å². The maximum atomic E-state index is 11.4. The first-order valence-corrected chi connectivity index (χ1v) is 4.95. The van der Waals surface area contributed by atoms with Crippen LogP contribution in [0.25, 0.3) is 0 Å². The summed E-state index contributed by atoms with van der Waals surface area (Å²) in [6.07, 6.45) is 0. The number of carbonyl (C=O) groups is 1. The van der Waals surface area contributed by atoms with Crippen LogP contribution >= 0.6 is 0 Å². The Kier molecular flexibility index (Phi) is 3.48. The molecular weight excluding hydrogens is 192 g/mol. The number of phenolic OH excluding ortho intramolecular Hbond substituents is 1. The van der Waals surface area contributed by atoms with Crippen molar-refractivity contribution in [3.63, 3.8) is 0 Å². The van der Waals surface area contributed by atoms with E-state index < -0.39 is 12.4 Å². The van der Waals surface area contributed by atoms with Gasteiger partial charge in [-0.3, -0.25) is 4.79 Å². The molecule has 0 atom stereocenters. The third-order valence-electron chi connectivity index (χ3n) is 2.46. The van der Waals surface area contributed by atoms with E-state index in [2.05, 4.69) is 0 Å². The molecule has 0 aliphatic rings. The molecule has 0 radical (unpaired) electrons. The van der Waals surface area contributed by atoms with Crippen LogP contribution in [0.15, 0.2) is 12.1 Å². The molecule has 0 aliphatic carbocycles. The molecule has 3 nitrogen and oxygen atoms in total. The van der Waals surface area contributed by atoms with Crippen LogP contribution in [0.4, 0.5) is 0 Å². The Morgan fingerprint density at radius 1 is 1.40 bits per heavy atom. The Morgan fingerprint density at radius 2 is 2.00 bits per heavy atom. The molecule has 2 N–H and O–H groups in total. The molecule has 82 valence electrons. The van der Waals surface area contributed by atoms with Gasteiger partial charge in [-0.05, 0) is 24.0 Å². The van der Waals surface area contributed by atoms with Crippen molar-refractivity contribution in [3.8, 4) is 5.75 Å². The van der Waals surface area contributed by atoms with Crippen molar-refractivity contribution >= 4 is 5.78 Å². The molecule has 1 aromatic carbocycles. The summed E-state index contributed by atoms with van der Waals surface area (Å²) in [6.45, 7) is 5.05. The van der Waals surface area contributed by atoms with E-state index >= 15 is 0 Å². The molecule has 0 saturated heterocycles. The molecule has 1 aromatic rings. The van der Waals surface area contributed by atoms with Gasteiger partial charge in [0.25, 0.3) is 0 Å². The van der Waals surface area contributed by atoms with Crippen molar-refractivity contribution in [1.29, 1.82) is 0 Å². The number of carbonyl (C=O) groups excluding carboxylic acids is 1. The largest absolute Gasteiger partial charge is 0.507 e. The lowest BCUT2D eigenvalue weighted by atomic mass is 9.94. The minimum absolute atomic E-state index is 0.00375. The van der Waals surface area contributed by atoms with Gasteiger partial charge in [-0.2, -0.15) is 0 Å². The first kappa shape index (κ1) is 11.7. The Labute approximate surface area is 89.4 Å². The number of aliphatic hydroxyl groups excluding tert-OH is 1. The van der Waals surface area contributed by atoms with Gasteiger partial charge >= 0.3 is 0 Å². The van der Waals surface area contributed by atoms with E-state index in [-0.39, 0.29) is 17.2 Å². The molecule has 1 rings (SSSR count). The third kappa shape index (κ3) is 2.18. The zero-order valence-corrected chi connectivity index (χ0v) is 9.24. The maximum absolute atomic E-state index is 11.4. The molecule has 0 fully saturated rings. The number of ketones is 1. The standard InChI is InChI=1S/C12H16O3/c1-7(2)9-5-4-8(3)11(12(9)15)10(14)6-13/h4-5,7,13,15H,6H2,1-3H3. The summed E-state index contributed by atoms with van der Waals surface area (Å²) >= 11 is 0. The number of rotatable bonds is 3. The fourth-order valence-electron chi connectivity index (χ4n) is 1.61. The van der Waals surface area contributed by atoms with E-state index in [4.69, 9.17) is 5.11 Å². The van der Waals surface area contributed by atoms with E-state index in [0.717, 1.165) is 5.56 Å². The number of benzene rings is 1. The Balaban J connectivity index is 3.36. The SMILES string of the molecule is Cc1ccc(C(C)C)c(O)c1C(=O)CO. The Bertz CT molecular complexity index is 381. The summed E-state index contributed by atoms with van der Waals surface area (Å²) in [4.78, 5) is 11.4. The zero-order chi connectivity index (χ0) is 11.6. The highest BCUT2D eigenvalue weighted by atomic mass is 16.3. The quantitative estimate of drug-likeness (QED) is 0.747. The van der Waals surface area contributed by atoms with Crippen molar-refractivity contribution in [2.24, 2.45) is 0 Å². The fraction of sp³-hybridized carbons (Fsp3) is 0.417. The average molecular weight is 208 g/mol. The summed E-state index contributed by atoms with van der Waals surface area (Å²) in [5.74, 6) is -0.285. The van der Waals surface area contributed by atoms with Crippen molar-refractivity contribution in [1.82, 2.24) is 0 Å². The minimum Gasteiger partial charge on any atom is -0.507 e. The first-order valence-electron chi connectivity index (χ1n) is 4.95. The second-order valence-corrected chi connectivity index (χ2v) is 3.93. The van der Waals surface area contributed by atoms with Crippen LogP contribution in [0.1, 0.15) is 41.3 Å². The zero-order valence-electron chi connectivity index (χ0n) is 9.24. The number of aromatic hydroxyl groups is 1. The summed E-state index contributed by atoms with van der Waals surface area (Å²) in [6, 6.07) is 3.60. The van der Waals surface area contributed by atoms with E-state index in [1.807, 2.05) is 19.9 Å². The smallest absolute Gasteiger partial charge is 0.192 e. The highest BCUT2D eigenvalue weighted by molar-refractivity contribution is 6.01. The van der Waals surface area contributed by atoms with E-state index in [0.29, 0.717) is 5.56 Å². The molecular formula is C12H16O3. The molecule has 0 bridgehead atoms.